The minimum atomic E-state index is 0.588. The molecule has 0 unspecified atom stereocenters. The molecule has 94 valence electrons. The Hall–Kier alpha value is -1.25. The van der Waals surface area contributed by atoms with Crippen LogP contribution < -0.4 is 4.90 Å². The molecule has 0 atom stereocenters. The van der Waals surface area contributed by atoms with E-state index in [0.717, 1.165) is 18.7 Å². The van der Waals surface area contributed by atoms with Crippen LogP contribution in [0.25, 0.3) is 0 Å². The molecule has 0 radical (unpaired) electrons. The lowest BCUT2D eigenvalue weighted by Gasteiger charge is -2.21. The van der Waals surface area contributed by atoms with Gasteiger partial charge in [-0.15, -0.1) is 0 Å². The van der Waals surface area contributed by atoms with E-state index in [1.54, 1.807) is 6.07 Å². The van der Waals surface area contributed by atoms with Crippen LogP contribution in [0.15, 0.2) is 42.7 Å². The second kappa shape index (κ2) is 6.07. The van der Waals surface area contributed by atoms with E-state index in [0.29, 0.717) is 10.0 Å². The van der Waals surface area contributed by atoms with Crippen molar-refractivity contribution >= 4 is 28.9 Å². The summed E-state index contributed by atoms with van der Waals surface area (Å²) < 4.78 is 0. The van der Waals surface area contributed by atoms with Gasteiger partial charge in [0, 0.05) is 26.0 Å². The predicted molar refractivity (Wildman–Crippen MR) is 77.7 cm³/mol. The molecule has 4 heteroatoms. The van der Waals surface area contributed by atoms with Crippen molar-refractivity contribution < 1.29 is 0 Å². The average molecular weight is 281 g/mol. The second-order valence-corrected chi connectivity index (χ2v) is 4.89. The molecule has 1 aromatic heterocycles. The van der Waals surface area contributed by atoms with Gasteiger partial charge in [0.15, 0.2) is 0 Å². The van der Waals surface area contributed by atoms with Gasteiger partial charge >= 0.3 is 0 Å². The number of pyridine rings is 1. The molecule has 0 saturated carbocycles. The van der Waals surface area contributed by atoms with E-state index in [1.165, 1.54) is 5.56 Å². The Morgan fingerprint density at radius 1 is 1.11 bits per heavy atom. The highest BCUT2D eigenvalue weighted by molar-refractivity contribution is 6.43. The number of anilines is 1. The predicted octanol–water partition coefficient (Wildman–Crippen LogP) is 4.07. The molecule has 0 N–H and O–H groups in total. The number of rotatable bonds is 4. The highest BCUT2D eigenvalue weighted by Crippen LogP contribution is 2.31. The number of halogens is 2. The highest BCUT2D eigenvalue weighted by Gasteiger charge is 2.08. The first-order valence-electron chi connectivity index (χ1n) is 5.72. The van der Waals surface area contributed by atoms with Gasteiger partial charge < -0.3 is 4.90 Å². The van der Waals surface area contributed by atoms with E-state index in [4.69, 9.17) is 23.2 Å². The van der Waals surface area contributed by atoms with Gasteiger partial charge in [-0.3, -0.25) is 4.98 Å². The third-order valence-corrected chi connectivity index (χ3v) is 3.64. The van der Waals surface area contributed by atoms with Crippen molar-refractivity contribution in [1.82, 2.24) is 4.98 Å². The lowest BCUT2D eigenvalue weighted by Crippen LogP contribution is -2.20. The Kier molecular flexibility index (Phi) is 4.45. The quantitative estimate of drug-likeness (QED) is 0.839. The van der Waals surface area contributed by atoms with E-state index in [1.807, 2.05) is 43.7 Å². The average Bonchev–Trinajstić information content (AvgIpc) is 2.40. The SMILES string of the molecule is CN(CCc1ccncc1)c1cccc(Cl)c1Cl. The largest absolute Gasteiger partial charge is 0.373 e. The molecule has 18 heavy (non-hydrogen) atoms. The minimum Gasteiger partial charge on any atom is -0.373 e. The number of hydrogen-bond donors (Lipinski definition) is 0. The Morgan fingerprint density at radius 3 is 2.56 bits per heavy atom. The van der Waals surface area contributed by atoms with E-state index in [9.17, 15) is 0 Å². The summed E-state index contributed by atoms with van der Waals surface area (Å²) >= 11 is 12.2. The van der Waals surface area contributed by atoms with Gasteiger partial charge in [0.25, 0.3) is 0 Å². The fourth-order valence-electron chi connectivity index (χ4n) is 1.75. The number of nitrogens with zero attached hydrogens (tertiary/aromatic N) is 2. The topological polar surface area (TPSA) is 16.1 Å². The molecule has 2 rings (SSSR count). The Morgan fingerprint density at radius 2 is 1.83 bits per heavy atom. The first kappa shape index (κ1) is 13.2. The maximum Gasteiger partial charge on any atom is 0.0825 e. The molecule has 0 saturated heterocycles. The standard InChI is InChI=1S/C14H14Cl2N2/c1-18(10-7-11-5-8-17-9-6-11)13-4-2-3-12(15)14(13)16/h2-6,8-9H,7,10H2,1H3. The lowest BCUT2D eigenvalue weighted by atomic mass is 10.2. The van der Waals surface area contributed by atoms with Crippen LogP contribution in [0.1, 0.15) is 5.56 Å². The molecule has 0 spiro atoms. The summed E-state index contributed by atoms with van der Waals surface area (Å²) in [5.41, 5.74) is 2.22. The van der Waals surface area contributed by atoms with Crippen molar-refractivity contribution in [3.05, 3.63) is 58.3 Å². The zero-order valence-corrected chi connectivity index (χ0v) is 11.6. The molecular formula is C14H14Cl2N2. The van der Waals surface area contributed by atoms with Crippen LogP contribution in [0.5, 0.6) is 0 Å². The first-order chi connectivity index (χ1) is 8.68. The molecule has 0 fully saturated rings. The van der Waals surface area contributed by atoms with E-state index < -0.39 is 0 Å². The van der Waals surface area contributed by atoms with Crippen molar-refractivity contribution in [1.29, 1.82) is 0 Å². The molecule has 0 aliphatic carbocycles. The third kappa shape index (κ3) is 3.15. The van der Waals surface area contributed by atoms with Crippen LogP contribution in [0.4, 0.5) is 5.69 Å². The summed E-state index contributed by atoms with van der Waals surface area (Å²) in [6.45, 7) is 0.879. The van der Waals surface area contributed by atoms with Crippen LogP contribution in [0.2, 0.25) is 10.0 Å². The Balaban J connectivity index is 2.04. The van der Waals surface area contributed by atoms with E-state index in [2.05, 4.69) is 9.88 Å². The van der Waals surface area contributed by atoms with Crippen molar-refractivity contribution in [2.24, 2.45) is 0 Å². The third-order valence-electron chi connectivity index (χ3n) is 2.83. The van der Waals surface area contributed by atoms with Crippen LogP contribution >= 0.6 is 23.2 Å². The number of benzene rings is 1. The van der Waals surface area contributed by atoms with Crippen molar-refractivity contribution in [2.45, 2.75) is 6.42 Å². The van der Waals surface area contributed by atoms with Gasteiger partial charge in [-0.2, -0.15) is 0 Å². The molecule has 0 bridgehead atoms. The van der Waals surface area contributed by atoms with Crippen molar-refractivity contribution in [2.75, 3.05) is 18.5 Å². The van der Waals surface area contributed by atoms with E-state index in [-0.39, 0.29) is 0 Å². The summed E-state index contributed by atoms with van der Waals surface area (Å²) in [6, 6.07) is 9.72. The lowest BCUT2D eigenvalue weighted by molar-refractivity contribution is 0.875. The highest BCUT2D eigenvalue weighted by atomic mass is 35.5. The van der Waals surface area contributed by atoms with Crippen molar-refractivity contribution in [3.8, 4) is 0 Å². The molecule has 0 aliphatic heterocycles. The van der Waals surface area contributed by atoms with Gasteiger partial charge in [-0.1, -0.05) is 29.3 Å². The molecule has 2 nitrogen and oxygen atoms in total. The Labute approximate surface area is 117 Å². The van der Waals surface area contributed by atoms with E-state index >= 15 is 0 Å². The smallest absolute Gasteiger partial charge is 0.0825 e. The van der Waals surface area contributed by atoms with Gasteiger partial charge in [-0.05, 0) is 36.2 Å². The zero-order valence-electron chi connectivity index (χ0n) is 10.1. The summed E-state index contributed by atoms with van der Waals surface area (Å²) in [4.78, 5) is 6.11. The zero-order chi connectivity index (χ0) is 13.0. The molecule has 1 heterocycles. The summed E-state index contributed by atoms with van der Waals surface area (Å²) in [5.74, 6) is 0. The number of hydrogen-bond acceptors (Lipinski definition) is 2. The monoisotopic (exact) mass is 280 g/mol. The molecule has 0 amide bonds. The van der Waals surface area contributed by atoms with Crippen molar-refractivity contribution in [3.63, 3.8) is 0 Å². The molecule has 2 aromatic rings. The normalized spacial score (nSPS) is 10.4. The fourth-order valence-corrected chi connectivity index (χ4v) is 2.19. The maximum absolute atomic E-state index is 6.19. The van der Waals surface area contributed by atoms with Gasteiger partial charge in [-0.25, -0.2) is 0 Å². The Bertz CT molecular complexity index is 514. The van der Waals surface area contributed by atoms with Gasteiger partial charge in [0.2, 0.25) is 0 Å². The van der Waals surface area contributed by atoms with Gasteiger partial charge in [0.05, 0.1) is 15.7 Å². The summed E-state index contributed by atoms with van der Waals surface area (Å²) in [7, 11) is 2.01. The van der Waals surface area contributed by atoms with Crippen LogP contribution in [0, 0.1) is 0 Å². The second-order valence-electron chi connectivity index (χ2n) is 4.10. The first-order valence-corrected chi connectivity index (χ1v) is 6.48. The summed E-state index contributed by atoms with van der Waals surface area (Å²) in [6.07, 6.45) is 4.56. The van der Waals surface area contributed by atoms with Gasteiger partial charge in [0.1, 0.15) is 0 Å². The molecule has 1 aromatic carbocycles. The summed E-state index contributed by atoms with van der Waals surface area (Å²) in [5, 5.41) is 1.20. The van der Waals surface area contributed by atoms with Crippen LogP contribution in [0.3, 0.4) is 0 Å². The fraction of sp³-hybridized carbons (Fsp3) is 0.214. The maximum atomic E-state index is 6.19. The molecular weight excluding hydrogens is 267 g/mol. The molecule has 0 aliphatic rings. The van der Waals surface area contributed by atoms with Crippen LogP contribution in [-0.2, 0) is 6.42 Å². The number of aromatic nitrogens is 1. The van der Waals surface area contributed by atoms with Crippen LogP contribution in [-0.4, -0.2) is 18.6 Å². The number of likely N-dealkylation sites (N-methyl/N-ethyl adjacent to an activating group) is 1. The minimum absolute atomic E-state index is 0.588.